The van der Waals surface area contributed by atoms with Gasteiger partial charge in [0.05, 0.1) is 6.61 Å². The Morgan fingerprint density at radius 3 is 2.67 bits per heavy atom. The second-order valence-electron chi connectivity index (χ2n) is 4.73. The third kappa shape index (κ3) is 4.06. The molecule has 0 amide bonds. The zero-order chi connectivity index (χ0) is 11.3. The molecule has 1 aliphatic rings. The van der Waals surface area contributed by atoms with E-state index in [2.05, 4.69) is 13.5 Å². The lowest BCUT2D eigenvalue weighted by atomic mass is 9.79. The van der Waals surface area contributed by atoms with Crippen molar-refractivity contribution in [1.29, 1.82) is 0 Å². The molecule has 0 spiro atoms. The Bertz CT molecular complexity index is 233. The van der Waals surface area contributed by atoms with Crippen LogP contribution in [0.3, 0.4) is 0 Å². The van der Waals surface area contributed by atoms with E-state index in [0.717, 1.165) is 18.3 Å². The van der Waals surface area contributed by atoms with Gasteiger partial charge in [0.2, 0.25) is 0 Å². The molecule has 1 fully saturated rings. The number of esters is 1. The van der Waals surface area contributed by atoms with Crippen LogP contribution in [0.5, 0.6) is 0 Å². The molecule has 15 heavy (non-hydrogen) atoms. The van der Waals surface area contributed by atoms with Crippen molar-refractivity contribution in [2.24, 2.45) is 11.8 Å². The molecule has 1 rings (SSSR count). The summed E-state index contributed by atoms with van der Waals surface area (Å²) in [5.41, 5.74) is 0.492. The molecule has 0 N–H and O–H groups in total. The van der Waals surface area contributed by atoms with Gasteiger partial charge in [0.15, 0.2) is 0 Å². The van der Waals surface area contributed by atoms with Gasteiger partial charge in [-0.25, -0.2) is 4.79 Å². The predicted molar refractivity (Wildman–Crippen MR) is 61.5 cm³/mol. The summed E-state index contributed by atoms with van der Waals surface area (Å²) in [5.74, 6) is 1.29. The van der Waals surface area contributed by atoms with E-state index in [1.54, 1.807) is 6.92 Å². The van der Waals surface area contributed by atoms with Crippen molar-refractivity contribution in [3.05, 3.63) is 12.2 Å². The molecule has 0 aliphatic heterocycles. The zero-order valence-electron chi connectivity index (χ0n) is 9.92. The number of rotatable bonds is 4. The van der Waals surface area contributed by atoms with Crippen LogP contribution in [-0.2, 0) is 9.53 Å². The molecule has 2 nitrogen and oxygen atoms in total. The predicted octanol–water partition coefficient (Wildman–Crippen LogP) is 3.32. The largest absolute Gasteiger partial charge is 0.462 e. The minimum Gasteiger partial charge on any atom is -0.462 e. The topological polar surface area (TPSA) is 26.3 Å². The fraction of sp³-hybridized carbons (Fsp3) is 0.769. The SMILES string of the molecule is C=C(C)C(=O)OCCC1CCCCC1C. The first-order valence-corrected chi connectivity index (χ1v) is 5.94. The van der Waals surface area contributed by atoms with E-state index in [0.29, 0.717) is 12.2 Å². The van der Waals surface area contributed by atoms with Crippen molar-refractivity contribution in [2.75, 3.05) is 6.61 Å². The summed E-state index contributed by atoms with van der Waals surface area (Å²) in [6.45, 7) is 8.11. The van der Waals surface area contributed by atoms with Gasteiger partial charge in [-0.05, 0) is 25.2 Å². The highest BCUT2D eigenvalue weighted by atomic mass is 16.5. The highest BCUT2D eigenvalue weighted by Crippen LogP contribution is 2.31. The third-order valence-electron chi connectivity index (χ3n) is 3.36. The number of carbonyl (C=O) groups excluding carboxylic acids is 1. The summed E-state index contributed by atoms with van der Waals surface area (Å²) in [5, 5.41) is 0. The highest BCUT2D eigenvalue weighted by molar-refractivity contribution is 5.86. The maximum absolute atomic E-state index is 11.1. The van der Waals surface area contributed by atoms with Crippen LogP contribution in [0.25, 0.3) is 0 Å². The summed E-state index contributed by atoms with van der Waals surface area (Å²) in [7, 11) is 0. The first-order chi connectivity index (χ1) is 7.11. The fourth-order valence-electron chi connectivity index (χ4n) is 2.25. The standard InChI is InChI=1S/C13H22O2/c1-10(2)13(14)15-9-8-12-7-5-4-6-11(12)3/h11-12H,1,4-9H2,2-3H3. The van der Waals surface area contributed by atoms with Crippen LogP contribution in [0.4, 0.5) is 0 Å². The normalized spacial score (nSPS) is 26.0. The van der Waals surface area contributed by atoms with Crippen molar-refractivity contribution in [1.82, 2.24) is 0 Å². The van der Waals surface area contributed by atoms with Crippen LogP contribution >= 0.6 is 0 Å². The Balaban J connectivity index is 2.19. The van der Waals surface area contributed by atoms with Crippen LogP contribution in [-0.4, -0.2) is 12.6 Å². The van der Waals surface area contributed by atoms with E-state index in [1.165, 1.54) is 25.7 Å². The molecule has 2 heteroatoms. The number of carbonyl (C=O) groups is 1. The molecule has 0 aromatic rings. The first-order valence-electron chi connectivity index (χ1n) is 5.94. The lowest BCUT2D eigenvalue weighted by Gasteiger charge is -2.28. The Kier molecular flexibility index (Phi) is 4.86. The summed E-state index contributed by atoms with van der Waals surface area (Å²) in [6.07, 6.45) is 6.34. The molecule has 86 valence electrons. The molecule has 1 saturated carbocycles. The van der Waals surface area contributed by atoms with E-state index in [9.17, 15) is 4.79 Å². The number of ether oxygens (including phenoxy) is 1. The van der Waals surface area contributed by atoms with E-state index in [1.807, 2.05) is 0 Å². The molecule has 0 bridgehead atoms. The molecule has 0 saturated heterocycles. The lowest BCUT2D eigenvalue weighted by Crippen LogP contribution is -2.19. The van der Waals surface area contributed by atoms with Crippen molar-refractivity contribution in [2.45, 2.75) is 46.0 Å². The molecule has 2 unspecified atom stereocenters. The van der Waals surface area contributed by atoms with Gasteiger partial charge in [0.25, 0.3) is 0 Å². The van der Waals surface area contributed by atoms with Crippen molar-refractivity contribution >= 4 is 5.97 Å². The van der Waals surface area contributed by atoms with Gasteiger partial charge in [-0.2, -0.15) is 0 Å². The summed E-state index contributed by atoms with van der Waals surface area (Å²) in [6, 6.07) is 0. The van der Waals surface area contributed by atoms with Gasteiger partial charge in [-0.3, -0.25) is 0 Å². The maximum Gasteiger partial charge on any atom is 0.333 e. The average Bonchev–Trinajstić information content (AvgIpc) is 2.20. The zero-order valence-corrected chi connectivity index (χ0v) is 9.92. The Morgan fingerprint density at radius 2 is 2.07 bits per heavy atom. The number of hydrogen-bond acceptors (Lipinski definition) is 2. The monoisotopic (exact) mass is 210 g/mol. The molecule has 0 aromatic heterocycles. The van der Waals surface area contributed by atoms with Crippen molar-refractivity contribution < 1.29 is 9.53 Å². The minimum absolute atomic E-state index is 0.251. The smallest absolute Gasteiger partial charge is 0.333 e. The second-order valence-corrected chi connectivity index (χ2v) is 4.73. The van der Waals surface area contributed by atoms with Gasteiger partial charge in [0, 0.05) is 5.57 Å². The van der Waals surface area contributed by atoms with Gasteiger partial charge < -0.3 is 4.74 Å². The van der Waals surface area contributed by atoms with E-state index in [-0.39, 0.29) is 5.97 Å². The van der Waals surface area contributed by atoms with E-state index >= 15 is 0 Å². The van der Waals surface area contributed by atoms with E-state index < -0.39 is 0 Å². The molecule has 0 aromatic carbocycles. The van der Waals surface area contributed by atoms with Crippen LogP contribution in [0, 0.1) is 11.8 Å². The highest BCUT2D eigenvalue weighted by Gasteiger charge is 2.21. The number of hydrogen-bond donors (Lipinski definition) is 0. The van der Waals surface area contributed by atoms with Crippen molar-refractivity contribution in [3.8, 4) is 0 Å². The maximum atomic E-state index is 11.1. The Hall–Kier alpha value is -0.790. The third-order valence-corrected chi connectivity index (χ3v) is 3.36. The Labute approximate surface area is 92.7 Å². The first kappa shape index (κ1) is 12.3. The summed E-state index contributed by atoms with van der Waals surface area (Å²) in [4.78, 5) is 11.1. The lowest BCUT2D eigenvalue weighted by molar-refractivity contribution is -0.139. The summed E-state index contributed by atoms with van der Waals surface area (Å²) >= 11 is 0. The summed E-state index contributed by atoms with van der Waals surface area (Å²) < 4.78 is 5.12. The van der Waals surface area contributed by atoms with Gasteiger partial charge >= 0.3 is 5.97 Å². The van der Waals surface area contributed by atoms with Gasteiger partial charge in [-0.1, -0.05) is 39.2 Å². The van der Waals surface area contributed by atoms with E-state index in [4.69, 9.17) is 4.74 Å². The molecule has 1 aliphatic carbocycles. The quantitative estimate of drug-likeness (QED) is 0.525. The molecule has 2 atom stereocenters. The van der Waals surface area contributed by atoms with Gasteiger partial charge in [-0.15, -0.1) is 0 Å². The fourth-order valence-corrected chi connectivity index (χ4v) is 2.25. The van der Waals surface area contributed by atoms with Gasteiger partial charge in [0.1, 0.15) is 0 Å². The molecule has 0 radical (unpaired) electrons. The van der Waals surface area contributed by atoms with Crippen LogP contribution in [0.15, 0.2) is 12.2 Å². The molecular weight excluding hydrogens is 188 g/mol. The van der Waals surface area contributed by atoms with Crippen LogP contribution in [0.1, 0.15) is 46.0 Å². The molecule has 0 heterocycles. The van der Waals surface area contributed by atoms with Crippen molar-refractivity contribution in [3.63, 3.8) is 0 Å². The van der Waals surface area contributed by atoms with Crippen LogP contribution < -0.4 is 0 Å². The Morgan fingerprint density at radius 1 is 1.40 bits per heavy atom. The average molecular weight is 210 g/mol. The second kappa shape index (κ2) is 5.94. The molecular formula is C13H22O2. The minimum atomic E-state index is -0.251. The van der Waals surface area contributed by atoms with Crippen LogP contribution in [0.2, 0.25) is 0 Å².